The van der Waals surface area contributed by atoms with Gasteiger partial charge in [0.05, 0.1) is 24.6 Å². The molecule has 0 saturated heterocycles. The molecule has 9 nitrogen and oxygen atoms in total. The fourth-order valence-electron chi connectivity index (χ4n) is 3.42. The summed E-state index contributed by atoms with van der Waals surface area (Å²) in [6.45, 7) is 1.34. The molecule has 0 fully saturated rings. The van der Waals surface area contributed by atoms with Crippen molar-refractivity contribution < 1.29 is 32.2 Å². The van der Waals surface area contributed by atoms with Crippen molar-refractivity contribution in [2.45, 2.75) is 44.6 Å². The number of aliphatic hydroxyl groups is 2. The van der Waals surface area contributed by atoms with Crippen molar-refractivity contribution in [3.8, 4) is 0 Å². The van der Waals surface area contributed by atoms with Gasteiger partial charge in [-0.3, -0.25) is 0 Å². The first kappa shape index (κ1) is 23.5. The molecule has 0 aliphatic carbocycles. The van der Waals surface area contributed by atoms with Crippen molar-refractivity contribution in [1.29, 1.82) is 0 Å². The van der Waals surface area contributed by atoms with Crippen LogP contribution in [0.1, 0.15) is 23.4 Å². The van der Waals surface area contributed by atoms with E-state index >= 15 is 0 Å². The van der Waals surface area contributed by atoms with Gasteiger partial charge < -0.3 is 25.0 Å². The van der Waals surface area contributed by atoms with E-state index in [0.717, 1.165) is 15.9 Å². The van der Waals surface area contributed by atoms with E-state index in [1.807, 2.05) is 13.0 Å². The van der Waals surface area contributed by atoms with Crippen molar-refractivity contribution in [2.24, 2.45) is 0 Å². The number of aliphatic hydroxyl groups excluding tert-OH is 2. The zero-order valence-electron chi connectivity index (χ0n) is 17.3. The van der Waals surface area contributed by atoms with Crippen LogP contribution in [-0.4, -0.2) is 66.9 Å². The number of alkyl halides is 5. The van der Waals surface area contributed by atoms with Gasteiger partial charge in [0.25, 0.3) is 0 Å². The Labute approximate surface area is 187 Å². The third-order valence-electron chi connectivity index (χ3n) is 5.17. The normalized spacial score (nSPS) is 15.7. The Morgan fingerprint density at radius 1 is 1.18 bits per heavy atom. The third-order valence-corrected chi connectivity index (χ3v) is 6.34. The van der Waals surface area contributed by atoms with Crippen LogP contribution in [0.3, 0.4) is 0 Å². The quantitative estimate of drug-likeness (QED) is 0.430. The maximum Gasteiger partial charge on any atom is 0.461 e. The highest BCUT2D eigenvalue weighted by Gasteiger charge is 2.62. The maximum atomic E-state index is 13.9. The van der Waals surface area contributed by atoms with Gasteiger partial charge in [-0.15, -0.1) is 21.5 Å². The maximum absolute atomic E-state index is 13.9. The number of hydrogen-bond donors (Lipinski definition) is 3. The molecular formula is C18H20F5N7O2S. The summed E-state index contributed by atoms with van der Waals surface area (Å²) < 4.78 is 67.0. The van der Waals surface area contributed by atoms with Gasteiger partial charge in [-0.05, 0) is 12.5 Å². The van der Waals surface area contributed by atoms with Crippen LogP contribution in [0.5, 0.6) is 0 Å². The molecule has 0 saturated carbocycles. The molecule has 15 heteroatoms. The Hall–Kier alpha value is -2.65. The van der Waals surface area contributed by atoms with Crippen molar-refractivity contribution >= 4 is 33.3 Å². The smallest absolute Gasteiger partial charge is 0.394 e. The minimum absolute atomic E-state index is 0.00231. The molecule has 0 amide bonds. The number of anilines is 2. The number of fused-ring (bicyclic) bond motifs is 2. The molecule has 1 unspecified atom stereocenters. The molecule has 3 aromatic rings. The van der Waals surface area contributed by atoms with Crippen LogP contribution >= 0.6 is 11.3 Å². The van der Waals surface area contributed by atoms with Crippen LogP contribution in [0.2, 0.25) is 0 Å². The number of halogens is 5. The SMILES string of the molecule is CCc1cc2c(N3CCn4c(nnc4C(F)(F)C(F)(F)F)C3)nc(NCC(O)CO)nc2s1. The lowest BCUT2D eigenvalue weighted by atomic mass is 10.2. The van der Waals surface area contributed by atoms with Gasteiger partial charge in [0.1, 0.15) is 10.6 Å². The standard InChI is InChI=1S/C18H20F5N7O2S/c1-2-10-5-11-13(25-16(26-14(11)33-10)24-6-9(32)8-31)29-3-4-30-12(7-29)27-28-15(30)17(19,20)18(21,22)23/h5,9,31-32H,2-4,6-8H2,1H3,(H,24,25,26). The third kappa shape index (κ3) is 4.31. The second-order valence-electron chi connectivity index (χ2n) is 7.46. The van der Waals surface area contributed by atoms with Crippen LogP contribution in [0.25, 0.3) is 10.2 Å². The number of nitrogens with one attached hydrogen (secondary N) is 1. The Morgan fingerprint density at radius 3 is 2.61 bits per heavy atom. The Morgan fingerprint density at radius 2 is 1.94 bits per heavy atom. The number of hydrogen-bond acceptors (Lipinski definition) is 9. The van der Waals surface area contributed by atoms with Crippen molar-refractivity contribution in [3.63, 3.8) is 0 Å². The summed E-state index contributed by atoms with van der Waals surface area (Å²) in [6.07, 6.45) is -6.05. The molecule has 0 radical (unpaired) electrons. The average molecular weight is 493 g/mol. The molecule has 1 aliphatic rings. The molecule has 3 aromatic heterocycles. The first-order valence-electron chi connectivity index (χ1n) is 10.0. The number of thiophene rings is 1. The predicted molar refractivity (Wildman–Crippen MR) is 109 cm³/mol. The molecule has 1 aliphatic heterocycles. The molecular weight excluding hydrogens is 473 g/mol. The van der Waals surface area contributed by atoms with E-state index in [2.05, 4.69) is 25.5 Å². The van der Waals surface area contributed by atoms with Crippen LogP contribution in [-0.2, 0) is 25.4 Å². The van der Waals surface area contributed by atoms with Gasteiger partial charge in [0, 0.05) is 24.5 Å². The summed E-state index contributed by atoms with van der Waals surface area (Å²) in [5.41, 5.74) is 0. The molecule has 0 bridgehead atoms. The van der Waals surface area contributed by atoms with Gasteiger partial charge in [-0.1, -0.05) is 6.92 Å². The van der Waals surface area contributed by atoms with Gasteiger partial charge in [-0.2, -0.15) is 26.9 Å². The Bertz CT molecular complexity index is 1150. The van der Waals surface area contributed by atoms with Crippen LogP contribution in [0, 0.1) is 0 Å². The topological polar surface area (TPSA) is 112 Å². The first-order valence-corrected chi connectivity index (χ1v) is 10.8. The van der Waals surface area contributed by atoms with Crippen LogP contribution in [0.4, 0.5) is 33.7 Å². The summed E-state index contributed by atoms with van der Waals surface area (Å²) in [5.74, 6) is -5.94. The van der Waals surface area contributed by atoms with Crippen molar-refractivity contribution in [3.05, 3.63) is 22.6 Å². The number of aryl methyl sites for hydroxylation is 1. The van der Waals surface area contributed by atoms with Crippen LogP contribution < -0.4 is 10.2 Å². The minimum Gasteiger partial charge on any atom is -0.394 e. The highest BCUT2D eigenvalue weighted by Crippen LogP contribution is 2.43. The van der Waals surface area contributed by atoms with E-state index < -0.39 is 30.6 Å². The zero-order valence-corrected chi connectivity index (χ0v) is 18.1. The van der Waals surface area contributed by atoms with E-state index in [1.165, 1.54) is 11.3 Å². The fourth-order valence-corrected chi connectivity index (χ4v) is 4.38. The summed E-state index contributed by atoms with van der Waals surface area (Å²) in [4.78, 5) is 12.3. The lowest BCUT2D eigenvalue weighted by molar-refractivity contribution is -0.293. The molecule has 33 heavy (non-hydrogen) atoms. The number of aromatic nitrogens is 5. The monoisotopic (exact) mass is 493 g/mol. The lowest BCUT2D eigenvalue weighted by Gasteiger charge is -2.30. The Balaban J connectivity index is 1.68. The van der Waals surface area contributed by atoms with Crippen LogP contribution in [0.15, 0.2) is 6.07 Å². The Kier molecular flexibility index (Phi) is 6.13. The highest BCUT2D eigenvalue weighted by molar-refractivity contribution is 7.18. The summed E-state index contributed by atoms with van der Waals surface area (Å²) in [6, 6.07) is 1.91. The molecule has 180 valence electrons. The van der Waals surface area contributed by atoms with Gasteiger partial charge in [0.2, 0.25) is 11.8 Å². The second kappa shape index (κ2) is 8.61. The van der Waals surface area contributed by atoms with Gasteiger partial charge in [0.15, 0.2) is 5.82 Å². The predicted octanol–water partition coefficient (Wildman–Crippen LogP) is 2.28. The largest absolute Gasteiger partial charge is 0.461 e. The summed E-state index contributed by atoms with van der Waals surface area (Å²) in [7, 11) is 0. The molecule has 4 rings (SSSR count). The van der Waals surface area contributed by atoms with Crippen molar-refractivity contribution in [1.82, 2.24) is 24.7 Å². The van der Waals surface area contributed by atoms with Gasteiger partial charge >= 0.3 is 12.1 Å². The lowest BCUT2D eigenvalue weighted by Crippen LogP contribution is -2.40. The van der Waals surface area contributed by atoms with E-state index in [4.69, 9.17) is 5.11 Å². The average Bonchev–Trinajstić information content (AvgIpc) is 3.39. The molecule has 4 heterocycles. The van der Waals surface area contributed by atoms with Crippen molar-refractivity contribution in [2.75, 3.05) is 29.9 Å². The molecule has 0 spiro atoms. The van der Waals surface area contributed by atoms with Gasteiger partial charge in [-0.25, -0.2) is 4.98 Å². The minimum atomic E-state index is -5.78. The van der Waals surface area contributed by atoms with E-state index in [-0.39, 0.29) is 38.0 Å². The molecule has 1 atom stereocenters. The van der Waals surface area contributed by atoms with E-state index in [9.17, 15) is 27.1 Å². The number of nitrogens with zero attached hydrogens (tertiary/aromatic N) is 6. The van der Waals surface area contributed by atoms with E-state index in [1.54, 1.807) is 4.90 Å². The molecule has 0 aromatic carbocycles. The first-order chi connectivity index (χ1) is 15.5. The summed E-state index contributed by atoms with van der Waals surface area (Å²) >= 11 is 1.44. The zero-order chi connectivity index (χ0) is 24.0. The fraction of sp³-hybridized carbons (Fsp3) is 0.556. The second-order valence-corrected chi connectivity index (χ2v) is 8.57. The molecule has 3 N–H and O–H groups in total. The van der Waals surface area contributed by atoms with E-state index in [0.29, 0.717) is 16.0 Å². The highest BCUT2D eigenvalue weighted by atomic mass is 32.1. The number of rotatable bonds is 7. The summed E-state index contributed by atoms with van der Waals surface area (Å²) in [5, 5.41) is 28.9.